The van der Waals surface area contributed by atoms with Gasteiger partial charge in [0.2, 0.25) is 0 Å². The molecule has 0 amide bonds. The molecule has 108 valence electrons. The zero-order valence-corrected chi connectivity index (χ0v) is 12.8. The van der Waals surface area contributed by atoms with E-state index in [2.05, 4.69) is 13.8 Å². The molecule has 0 aliphatic rings. The van der Waals surface area contributed by atoms with E-state index in [0.29, 0.717) is 5.92 Å². The van der Waals surface area contributed by atoms with Gasteiger partial charge in [0.05, 0.1) is 0 Å². The van der Waals surface area contributed by atoms with Crippen LogP contribution in [-0.2, 0) is 4.79 Å². The Labute approximate surface area is 115 Å². The standard InChI is InChI=1S/C17H34O/c1-3-5-6-7-8-9-10-11-12-14-17(13-4-2)15-16-18/h16-17H,3-15H2,1-2H3. The van der Waals surface area contributed by atoms with Crippen LogP contribution in [0.5, 0.6) is 0 Å². The van der Waals surface area contributed by atoms with Crippen molar-refractivity contribution in [3.8, 4) is 0 Å². The molecule has 0 heterocycles. The van der Waals surface area contributed by atoms with E-state index in [1.165, 1.54) is 77.0 Å². The lowest BCUT2D eigenvalue weighted by molar-refractivity contribution is -0.108. The molecule has 0 N–H and O–H groups in total. The van der Waals surface area contributed by atoms with E-state index in [-0.39, 0.29) is 0 Å². The van der Waals surface area contributed by atoms with Gasteiger partial charge in [0.1, 0.15) is 6.29 Å². The van der Waals surface area contributed by atoms with Crippen molar-refractivity contribution in [1.82, 2.24) is 0 Å². The van der Waals surface area contributed by atoms with Crippen LogP contribution in [0.15, 0.2) is 0 Å². The average Bonchev–Trinajstić information content (AvgIpc) is 2.37. The number of unbranched alkanes of at least 4 members (excludes halogenated alkanes) is 8. The van der Waals surface area contributed by atoms with E-state index in [1.54, 1.807) is 0 Å². The minimum atomic E-state index is 0.664. The fourth-order valence-corrected chi connectivity index (χ4v) is 2.67. The van der Waals surface area contributed by atoms with Crippen LogP contribution in [0.4, 0.5) is 0 Å². The van der Waals surface area contributed by atoms with Gasteiger partial charge in [-0.15, -0.1) is 0 Å². The van der Waals surface area contributed by atoms with Crippen molar-refractivity contribution < 1.29 is 4.79 Å². The van der Waals surface area contributed by atoms with Crippen molar-refractivity contribution in [3.05, 3.63) is 0 Å². The van der Waals surface area contributed by atoms with Crippen LogP contribution in [0.25, 0.3) is 0 Å². The maximum absolute atomic E-state index is 10.6. The van der Waals surface area contributed by atoms with Gasteiger partial charge in [-0.2, -0.15) is 0 Å². The predicted molar refractivity (Wildman–Crippen MR) is 80.9 cm³/mol. The van der Waals surface area contributed by atoms with Crippen LogP contribution < -0.4 is 0 Å². The van der Waals surface area contributed by atoms with Crippen molar-refractivity contribution in [2.75, 3.05) is 0 Å². The van der Waals surface area contributed by atoms with Crippen molar-refractivity contribution in [2.45, 2.75) is 97.3 Å². The molecule has 0 aliphatic carbocycles. The van der Waals surface area contributed by atoms with Crippen LogP contribution >= 0.6 is 0 Å². The summed E-state index contributed by atoms with van der Waals surface area (Å²) in [4.78, 5) is 10.6. The highest BCUT2D eigenvalue weighted by Gasteiger charge is 2.06. The molecule has 1 heteroatoms. The molecule has 0 spiro atoms. The number of carbonyl (C=O) groups is 1. The SMILES string of the molecule is CCCCCCCCCCCC(CC=O)CCC. The summed E-state index contributed by atoms with van der Waals surface area (Å²) in [5, 5.41) is 0. The first-order valence-electron chi connectivity index (χ1n) is 8.28. The Morgan fingerprint density at radius 3 is 1.78 bits per heavy atom. The summed E-state index contributed by atoms with van der Waals surface area (Å²) >= 11 is 0. The first-order chi connectivity index (χ1) is 8.85. The molecule has 0 aromatic carbocycles. The lowest BCUT2D eigenvalue weighted by atomic mass is 9.93. The molecule has 1 nitrogen and oxygen atoms in total. The second-order valence-corrected chi connectivity index (χ2v) is 5.67. The molecule has 1 unspecified atom stereocenters. The minimum Gasteiger partial charge on any atom is -0.303 e. The summed E-state index contributed by atoms with van der Waals surface area (Å²) in [6, 6.07) is 0. The molecule has 0 fully saturated rings. The van der Waals surface area contributed by atoms with E-state index in [1.807, 2.05) is 0 Å². The van der Waals surface area contributed by atoms with Crippen LogP contribution in [0.3, 0.4) is 0 Å². The molecular weight excluding hydrogens is 220 g/mol. The van der Waals surface area contributed by atoms with Gasteiger partial charge in [0.25, 0.3) is 0 Å². The summed E-state index contributed by atoms with van der Waals surface area (Å²) in [6.45, 7) is 4.49. The van der Waals surface area contributed by atoms with Crippen LogP contribution in [0.2, 0.25) is 0 Å². The predicted octanol–water partition coefficient (Wildman–Crippen LogP) is 5.91. The monoisotopic (exact) mass is 254 g/mol. The molecule has 0 bridgehead atoms. The Kier molecular flexibility index (Phi) is 14.5. The van der Waals surface area contributed by atoms with Crippen LogP contribution in [-0.4, -0.2) is 6.29 Å². The maximum Gasteiger partial charge on any atom is 0.120 e. The van der Waals surface area contributed by atoms with E-state index >= 15 is 0 Å². The minimum absolute atomic E-state index is 0.664. The zero-order chi connectivity index (χ0) is 13.5. The molecule has 0 aromatic rings. The molecule has 1 atom stereocenters. The highest BCUT2D eigenvalue weighted by atomic mass is 16.1. The molecule has 0 saturated heterocycles. The van der Waals surface area contributed by atoms with E-state index < -0.39 is 0 Å². The van der Waals surface area contributed by atoms with Gasteiger partial charge in [0.15, 0.2) is 0 Å². The molecule has 0 aliphatic heterocycles. The molecule has 0 aromatic heterocycles. The fourth-order valence-electron chi connectivity index (χ4n) is 2.67. The third kappa shape index (κ3) is 12.1. The smallest absolute Gasteiger partial charge is 0.120 e. The zero-order valence-electron chi connectivity index (χ0n) is 12.8. The summed E-state index contributed by atoms with van der Waals surface area (Å²) in [5.74, 6) is 0.664. The van der Waals surface area contributed by atoms with E-state index in [9.17, 15) is 4.79 Å². The third-order valence-corrected chi connectivity index (χ3v) is 3.84. The normalized spacial score (nSPS) is 12.6. The average molecular weight is 254 g/mol. The number of carbonyl (C=O) groups excluding carboxylic acids is 1. The Morgan fingerprint density at radius 2 is 1.28 bits per heavy atom. The molecule has 18 heavy (non-hydrogen) atoms. The third-order valence-electron chi connectivity index (χ3n) is 3.84. The Morgan fingerprint density at radius 1 is 0.722 bits per heavy atom. The quantitative estimate of drug-likeness (QED) is 0.278. The molecule has 0 rings (SSSR count). The fraction of sp³-hybridized carbons (Fsp3) is 0.941. The number of aldehydes is 1. The molecular formula is C17H34O. The van der Waals surface area contributed by atoms with Crippen molar-refractivity contribution in [2.24, 2.45) is 5.92 Å². The van der Waals surface area contributed by atoms with E-state index in [4.69, 9.17) is 0 Å². The lowest BCUT2D eigenvalue weighted by Gasteiger charge is -2.12. The summed E-state index contributed by atoms with van der Waals surface area (Å²) in [5.41, 5.74) is 0. The Bertz CT molecular complexity index is 165. The number of hydrogen-bond donors (Lipinski definition) is 0. The van der Waals surface area contributed by atoms with Gasteiger partial charge >= 0.3 is 0 Å². The first-order valence-corrected chi connectivity index (χ1v) is 8.28. The van der Waals surface area contributed by atoms with Gasteiger partial charge in [-0.25, -0.2) is 0 Å². The first kappa shape index (κ1) is 17.7. The Balaban J connectivity index is 3.24. The molecule has 0 radical (unpaired) electrons. The second-order valence-electron chi connectivity index (χ2n) is 5.67. The van der Waals surface area contributed by atoms with Crippen LogP contribution in [0, 0.1) is 5.92 Å². The topological polar surface area (TPSA) is 17.1 Å². The Hall–Kier alpha value is -0.330. The largest absolute Gasteiger partial charge is 0.303 e. The van der Waals surface area contributed by atoms with Crippen LogP contribution in [0.1, 0.15) is 97.3 Å². The maximum atomic E-state index is 10.6. The van der Waals surface area contributed by atoms with Crippen molar-refractivity contribution in [1.29, 1.82) is 0 Å². The number of rotatable bonds is 14. The van der Waals surface area contributed by atoms with Gasteiger partial charge in [-0.1, -0.05) is 90.9 Å². The van der Waals surface area contributed by atoms with Gasteiger partial charge in [0, 0.05) is 6.42 Å². The number of hydrogen-bond acceptors (Lipinski definition) is 1. The van der Waals surface area contributed by atoms with Crippen molar-refractivity contribution >= 4 is 6.29 Å². The lowest BCUT2D eigenvalue weighted by Crippen LogP contribution is -2.00. The van der Waals surface area contributed by atoms with E-state index in [0.717, 1.165) is 12.7 Å². The van der Waals surface area contributed by atoms with Gasteiger partial charge in [-0.05, 0) is 5.92 Å². The van der Waals surface area contributed by atoms with Gasteiger partial charge in [-0.3, -0.25) is 0 Å². The highest BCUT2D eigenvalue weighted by Crippen LogP contribution is 2.19. The summed E-state index contributed by atoms with van der Waals surface area (Å²) in [6.07, 6.45) is 18.1. The summed E-state index contributed by atoms with van der Waals surface area (Å²) in [7, 11) is 0. The molecule has 0 saturated carbocycles. The van der Waals surface area contributed by atoms with Crippen molar-refractivity contribution in [3.63, 3.8) is 0 Å². The second kappa shape index (κ2) is 14.7. The highest BCUT2D eigenvalue weighted by molar-refractivity contribution is 5.49. The van der Waals surface area contributed by atoms with Gasteiger partial charge < -0.3 is 4.79 Å². The summed E-state index contributed by atoms with van der Waals surface area (Å²) < 4.78 is 0.